The molecule has 0 aliphatic carbocycles. The molecule has 2 aromatic rings. The first-order valence-electron chi connectivity index (χ1n) is 5.41. The van der Waals surface area contributed by atoms with E-state index in [1.54, 1.807) is 20.9 Å². The minimum Gasteiger partial charge on any atom is -0.361 e. The maximum atomic E-state index is 12.1. The lowest BCUT2D eigenvalue weighted by molar-refractivity contribution is 0.392. The molecule has 0 radical (unpaired) electrons. The summed E-state index contributed by atoms with van der Waals surface area (Å²) in [6, 6.07) is 0. The summed E-state index contributed by atoms with van der Waals surface area (Å²) in [5.74, 6) is 0.576. The Morgan fingerprint density at radius 1 is 1.47 bits per heavy atom. The maximum absolute atomic E-state index is 12.1. The Hall–Kier alpha value is -1.38. The minimum atomic E-state index is -3.76. The number of nitrogens with one attached hydrogen (secondary N) is 1. The van der Waals surface area contributed by atoms with Crippen LogP contribution in [0.4, 0.5) is 0 Å². The van der Waals surface area contributed by atoms with Crippen LogP contribution in [0.2, 0.25) is 5.15 Å². The molecule has 2 heterocycles. The zero-order valence-corrected chi connectivity index (χ0v) is 12.2. The van der Waals surface area contributed by atoms with Gasteiger partial charge in [0, 0.05) is 19.2 Å². The minimum absolute atomic E-state index is 0.0614. The van der Waals surface area contributed by atoms with Crippen LogP contribution < -0.4 is 4.72 Å². The summed E-state index contributed by atoms with van der Waals surface area (Å²) in [4.78, 5) is 3.77. The van der Waals surface area contributed by atoms with E-state index in [2.05, 4.69) is 14.9 Å². The molecule has 0 saturated heterocycles. The topological polar surface area (TPSA) is 90.0 Å². The monoisotopic (exact) mass is 304 g/mol. The highest BCUT2D eigenvalue weighted by molar-refractivity contribution is 7.89. The van der Waals surface area contributed by atoms with Gasteiger partial charge in [-0.2, -0.15) is 0 Å². The lowest BCUT2D eigenvalue weighted by atomic mass is 10.2. The van der Waals surface area contributed by atoms with Crippen LogP contribution in [0.25, 0.3) is 0 Å². The molecule has 0 bridgehead atoms. The lowest BCUT2D eigenvalue weighted by Gasteiger charge is -2.04. The fourth-order valence-electron chi connectivity index (χ4n) is 1.56. The highest BCUT2D eigenvalue weighted by Gasteiger charge is 2.23. The van der Waals surface area contributed by atoms with Crippen molar-refractivity contribution in [3.63, 3.8) is 0 Å². The summed E-state index contributed by atoms with van der Waals surface area (Å²) in [7, 11) is -2.15. The smallest absolute Gasteiger partial charge is 0.261 e. The molecule has 2 rings (SSSR count). The summed E-state index contributed by atoms with van der Waals surface area (Å²) >= 11 is 5.87. The van der Waals surface area contributed by atoms with Crippen LogP contribution in [0.15, 0.2) is 15.9 Å². The van der Waals surface area contributed by atoms with Crippen molar-refractivity contribution in [3.05, 3.63) is 28.5 Å². The van der Waals surface area contributed by atoms with E-state index in [9.17, 15) is 8.42 Å². The van der Waals surface area contributed by atoms with E-state index in [-0.39, 0.29) is 16.7 Å². The van der Waals surface area contributed by atoms with Crippen LogP contribution in [0.5, 0.6) is 0 Å². The van der Waals surface area contributed by atoms with E-state index in [1.807, 2.05) is 0 Å². The first-order chi connectivity index (χ1) is 8.83. The van der Waals surface area contributed by atoms with E-state index in [1.165, 1.54) is 10.9 Å². The average Bonchev–Trinajstić information content (AvgIpc) is 2.83. The number of rotatable bonds is 4. The number of sulfonamides is 1. The Bertz CT molecular complexity index is 685. The first-order valence-corrected chi connectivity index (χ1v) is 7.27. The molecular weight excluding hydrogens is 292 g/mol. The van der Waals surface area contributed by atoms with Crippen LogP contribution in [0, 0.1) is 13.8 Å². The molecule has 7 nitrogen and oxygen atoms in total. The molecule has 0 unspecified atom stereocenters. The Morgan fingerprint density at radius 3 is 2.63 bits per heavy atom. The molecule has 0 aliphatic heterocycles. The Kier molecular flexibility index (Phi) is 3.66. The fraction of sp³-hybridized carbons (Fsp3) is 0.400. The summed E-state index contributed by atoms with van der Waals surface area (Å²) in [5, 5.41) is 3.63. The largest absolute Gasteiger partial charge is 0.361 e. The number of nitrogens with zero attached hydrogens (tertiary/aromatic N) is 3. The number of aromatic nitrogens is 3. The lowest BCUT2D eigenvalue weighted by Crippen LogP contribution is -2.24. The second kappa shape index (κ2) is 4.95. The molecule has 0 aliphatic rings. The molecule has 19 heavy (non-hydrogen) atoms. The van der Waals surface area contributed by atoms with Crippen LogP contribution in [-0.4, -0.2) is 23.1 Å². The number of imidazole rings is 1. The van der Waals surface area contributed by atoms with Crippen LogP contribution in [-0.2, 0) is 23.6 Å². The summed E-state index contributed by atoms with van der Waals surface area (Å²) in [5.41, 5.74) is 1.35. The standard InChI is InChI=1S/C10H13ClN4O3S/c1-6-8(7(2)18-14-6)4-13-19(16,17)10-9(11)15(3)5-12-10/h5,13H,4H2,1-3H3. The van der Waals surface area contributed by atoms with Gasteiger partial charge in [-0.25, -0.2) is 18.1 Å². The van der Waals surface area contributed by atoms with Crippen LogP contribution in [0.3, 0.4) is 0 Å². The molecule has 0 atom stereocenters. The van der Waals surface area contributed by atoms with Crippen molar-refractivity contribution in [2.24, 2.45) is 7.05 Å². The van der Waals surface area contributed by atoms with Crippen molar-refractivity contribution in [3.8, 4) is 0 Å². The predicted molar refractivity (Wildman–Crippen MR) is 68.2 cm³/mol. The summed E-state index contributed by atoms with van der Waals surface area (Å²) < 4.78 is 32.9. The Morgan fingerprint density at radius 2 is 2.16 bits per heavy atom. The number of hydrogen-bond donors (Lipinski definition) is 1. The van der Waals surface area contributed by atoms with Gasteiger partial charge in [0.1, 0.15) is 10.9 Å². The molecule has 0 aromatic carbocycles. The molecule has 9 heteroatoms. The van der Waals surface area contributed by atoms with Crippen LogP contribution >= 0.6 is 11.6 Å². The second-order valence-corrected chi connectivity index (χ2v) is 6.12. The zero-order chi connectivity index (χ0) is 14.2. The number of aryl methyl sites for hydroxylation is 3. The fourth-order valence-corrected chi connectivity index (χ4v) is 2.98. The molecular formula is C10H13ClN4O3S. The van der Waals surface area contributed by atoms with Gasteiger partial charge >= 0.3 is 0 Å². The van der Waals surface area contributed by atoms with Gasteiger partial charge in [0.25, 0.3) is 10.0 Å². The van der Waals surface area contributed by atoms with Crippen molar-refractivity contribution in [2.45, 2.75) is 25.4 Å². The van der Waals surface area contributed by atoms with Crippen molar-refractivity contribution in [1.29, 1.82) is 0 Å². The molecule has 1 N–H and O–H groups in total. The van der Waals surface area contributed by atoms with Gasteiger partial charge in [-0.3, -0.25) is 0 Å². The van der Waals surface area contributed by atoms with Crippen molar-refractivity contribution in [2.75, 3.05) is 0 Å². The SMILES string of the molecule is Cc1noc(C)c1CNS(=O)(=O)c1ncn(C)c1Cl. The van der Waals surface area contributed by atoms with Crippen molar-refractivity contribution in [1.82, 2.24) is 19.4 Å². The molecule has 0 fully saturated rings. The summed E-state index contributed by atoms with van der Waals surface area (Å²) in [6.45, 7) is 3.54. The molecule has 104 valence electrons. The van der Waals surface area contributed by atoms with E-state index in [0.717, 1.165) is 0 Å². The van der Waals surface area contributed by atoms with Gasteiger partial charge in [-0.05, 0) is 13.8 Å². The first kappa shape index (κ1) is 14.0. The molecule has 0 saturated carbocycles. The van der Waals surface area contributed by atoms with Gasteiger partial charge in [-0.1, -0.05) is 16.8 Å². The van der Waals surface area contributed by atoms with Crippen molar-refractivity contribution < 1.29 is 12.9 Å². The third-order valence-corrected chi connectivity index (χ3v) is 4.60. The molecule has 0 spiro atoms. The zero-order valence-electron chi connectivity index (χ0n) is 10.6. The van der Waals surface area contributed by atoms with Crippen molar-refractivity contribution >= 4 is 21.6 Å². The van der Waals surface area contributed by atoms with Crippen LogP contribution in [0.1, 0.15) is 17.0 Å². The molecule has 0 amide bonds. The van der Waals surface area contributed by atoms with Gasteiger partial charge in [0.15, 0.2) is 0 Å². The quantitative estimate of drug-likeness (QED) is 0.915. The average molecular weight is 305 g/mol. The highest BCUT2D eigenvalue weighted by Crippen LogP contribution is 2.19. The normalized spacial score (nSPS) is 12.0. The van der Waals surface area contributed by atoms with E-state index in [0.29, 0.717) is 17.0 Å². The number of hydrogen-bond acceptors (Lipinski definition) is 5. The molecule has 2 aromatic heterocycles. The van der Waals surface area contributed by atoms with E-state index >= 15 is 0 Å². The third kappa shape index (κ3) is 2.65. The van der Waals surface area contributed by atoms with E-state index < -0.39 is 10.0 Å². The van der Waals surface area contributed by atoms with Gasteiger partial charge in [-0.15, -0.1) is 0 Å². The van der Waals surface area contributed by atoms with Gasteiger partial charge in [0.2, 0.25) is 5.03 Å². The third-order valence-electron chi connectivity index (χ3n) is 2.71. The van der Waals surface area contributed by atoms with Gasteiger partial charge in [0.05, 0.1) is 12.0 Å². The predicted octanol–water partition coefficient (Wildman–Crippen LogP) is 1.16. The van der Waals surface area contributed by atoms with E-state index in [4.69, 9.17) is 16.1 Å². The maximum Gasteiger partial charge on any atom is 0.261 e. The second-order valence-electron chi connectivity index (χ2n) is 4.08. The summed E-state index contributed by atoms with van der Waals surface area (Å²) in [6.07, 6.45) is 1.34. The Labute approximate surface area is 115 Å². The number of halogens is 1. The van der Waals surface area contributed by atoms with Gasteiger partial charge < -0.3 is 9.09 Å². The Balaban J connectivity index is 2.22. The highest BCUT2D eigenvalue weighted by atomic mass is 35.5.